The predicted octanol–water partition coefficient (Wildman–Crippen LogP) is 4.35. The van der Waals surface area contributed by atoms with Gasteiger partial charge in [-0.15, -0.1) is 0 Å². The highest BCUT2D eigenvalue weighted by molar-refractivity contribution is 7.92. The maximum Gasteiger partial charge on any atom is 0.188 e. The molecule has 0 unspecified atom stereocenters. The number of nitrogens with zero attached hydrogens (tertiary/aromatic N) is 2. The number of halogens is 3. The van der Waals surface area contributed by atoms with Crippen molar-refractivity contribution in [3.8, 4) is 0 Å². The Hall–Kier alpha value is -2.52. The minimum atomic E-state index is -4.06. The summed E-state index contributed by atoms with van der Waals surface area (Å²) in [6.45, 7) is 3.33. The molecule has 3 N–H and O–H groups in total. The Bertz CT molecular complexity index is 1080. The van der Waals surface area contributed by atoms with E-state index in [1.807, 2.05) is 0 Å². The smallest absolute Gasteiger partial charge is 0.188 e. The van der Waals surface area contributed by atoms with Crippen molar-refractivity contribution in [2.24, 2.45) is 22.0 Å². The Morgan fingerprint density at radius 1 is 1.19 bits per heavy atom. The highest BCUT2D eigenvalue weighted by atomic mass is 35.5. The Morgan fingerprint density at radius 3 is 2.42 bits per heavy atom. The van der Waals surface area contributed by atoms with Crippen molar-refractivity contribution in [1.82, 2.24) is 5.43 Å². The predicted molar refractivity (Wildman–Crippen MR) is 118 cm³/mol. The fourth-order valence-corrected chi connectivity index (χ4v) is 6.50. The van der Waals surface area contributed by atoms with Gasteiger partial charge in [0.05, 0.1) is 4.90 Å². The van der Waals surface area contributed by atoms with Crippen LogP contribution in [0.2, 0.25) is 5.02 Å². The number of rotatable bonds is 6. The summed E-state index contributed by atoms with van der Waals surface area (Å²) in [5.74, 6) is 4.38. The van der Waals surface area contributed by atoms with E-state index in [0.29, 0.717) is 30.1 Å². The molecule has 0 amide bonds. The Balaban J connectivity index is 2.03. The highest BCUT2D eigenvalue weighted by Crippen LogP contribution is 2.49. The molecule has 1 fully saturated rings. The average molecular weight is 469 g/mol. The second kappa shape index (κ2) is 9.32. The van der Waals surface area contributed by atoms with E-state index < -0.39 is 26.2 Å². The van der Waals surface area contributed by atoms with E-state index in [4.69, 9.17) is 17.4 Å². The quantitative estimate of drug-likeness (QED) is 0.285. The molecule has 1 aliphatic rings. The van der Waals surface area contributed by atoms with Gasteiger partial charge in [-0.3, -0.25) is 5.43 Å². The van der Waals surface area contributed by atoms with E-state index >= 15 is 0 Å². The van der Waals surface area contributed by atoms with E-state index in [1.165, 1.54) is 24.3 Å². The first-order chi connectivity index (χ1) is 14.7. The molecule has 2 aromatic rings. The van der Waals surface area contributed by atoms with Gasteiger partial charge in [0.2, 0.25) is 0 Å². The molecule has 3 rings (SSSR count). The SMILES string of the molecule is C=NN/C(CC1CCC(c2cc(F)ccc2F)(S(=O)(=O)c2ccc(Cl)cc2)CC1)=N\N. The second-order valence-electron chi connectivity index (χ2n) is 7.57. The van der Waals surface area contributed by atoms with Crippen molar-refractivity contribution in [1.29, 1.82) is 0 Å². The van der Waals surface area contributed by atoms with Crippen LogP contribution in [0.5, 0.6) is 0 Å². The van der Waals surface area contributed by atoms with Crippen molar-refractivity contribution in [3.63, 3.8) is 0 Å². The number of hydrogen-bond acceptors (Lipinski definition) is 5. The standard InChI is InChI=1S/C21H23ClF2N4O2S/c1-26-28-20(27-25)12-14-8-10-21(11-9-14,18-13-16(23)4-7-19(18)24)31(29,30)17-5-2-15(22)3-6-17/h2-7,13-14H,1,8-12,25H2,(H,27,28). The largest absolute Gasteiger partial charge is 0.322 e. The molecule has 0 heterocycles. The summed E-state index contributed by atoms with van der Waals surface area (Å²) in [5.41, 5.74) is 2.46. The topological polar surface area (TPSA) is 96.9 Å². The molecule has 1 saturated carbocycles. The van der Waals surface area contributed by atoms with Crippen LogP contribution >= 0.6 is 11.6 Å². The molecule has 31 heavy (non-hydrogen) atoms. The van der Waals surface area contributed by atoms with Crippen LogP contribution in [0.15, 0.2) is 57.6 Å². The summed E-state index contributed by atoms with van der Waals surface area (Å²) in [6.07, 6.45) is 1.56. The van der Waals surface area contributed by atoms with Crippen molar-refractivity contribution >= 4 is 34.0 Å². The zero-order valence-electron chi connectivity index (χ0n) is 16.7. The third-order valence-corrected chi connectivity index (χ3v) is 8.62. The third-order valence-electron chi connectivity index (χ3n) is 5.82. The summed E-state index contributed by atoms with van der Waals surface area (Å²) in [6, 6.07) is 8.64. The van der Waals surface area contributed by atoms with Crippen LogP contribution < -0.4 is 11.3 Å². The van der Waals surface area contributed by atoms with Crippen LogP contribution in [-0.2, 0) is 14.6 Å². The number of amidine groups is 1. The van der Waals surface area contributed by atoms with Crippen LogP contribution in [0.4, 0.5) is 8.78 Å². The first-order valence-corrected chi connectivity index (χ1v) is 11.5. The normalized spacial score (nSPS) is 22.2. The molecular formula is C21H23ClF2N4O2S. The maximum atomic E-state index is 14.9. The van der Waals surface area contributed by atoms with E-state index in [2.05, 4.69) is 22.3 Å². The molecule has 6 nitrogen and oxygen atoms in total. The van der Waals surface area contributed by atoms with Gasteiger partial charge in [-0.05, 0) is 74.1 Å². The van der Waals surface area contributed by atoms with Gasteiger partial charge in [-0.1, -0.05) is 11.6 Å². The van der Waals surface area contributed by atoms with E-state index in [1.54, 1.807) is 0 Å². The van der Waals surface area contributed by atoms with Crippen molar-refractivity contribution in [3.05, 3.63) is 64.7 Å². The molecule has 0 spiro atoms. The van der Waals surface area contributed by atoms with Gasteiger partial charge < -0.3 is 5.84 Å². The number of nitrogens with one attached hydrogen (secondary N) is 1. The van der Waals surface area contributed by atoms with Crippen molar-refractivity contribution in [2.45, 2.75) is 41.7 Å². The molecule has 1 aliphatic carbocycles. The molecule has 0 radical (unpaired) electrons. The van der Waals surface area contributed by atoms with Crippen LogP contribution in [0.25, 0.3) is 0 Å². The molecular weight excluding hydrogens is 446 g/mol. The number of nitrogens with two attached hydrogens (primary N) is 1. The summed E-state index contributed by atoms with van der Waals surface area (Å²) in [4.78, 5) is 0.0146. The van der Waals surface area contributed by atoms with Gasteiger partial charge >= 0.3 is 0 Å². The molecule has 0 saturated heterocycles. The fourth-order valence-electron chi connectivity index (χ4n) is 4.21. The third kappa shape index (κ3) is 4.57. The lowest BCUT2D eigenvalue weighted by molar-refractivity contribution is 0.290. The van der Waals surface area contributed by atoms with Crippen molar-refractivity contribution < 1.29 is 17.2 Å². The van der Waals surface area contributed by atoms with Crippen molar-refractivity contribution in [2.75, 3.05) is 0 Å². The van der Waals surface area contributed by atoms with Crippen LogP contribution in [0.3, 0.4) is 0 Å². The highest BCUT2D eigenvalue weighted by Gasteiger charge is 2.50. The zero-order chi connectivity index (χ0) is 22.6. The summed E-state index contributed by atoms with van der Waals surface area (Å²) < 4.78 is 54.8. The Morgan fingerprint density at radius 2 is 1.84 bits per heavy atom. The van der Waals surface area contributed by atoms with E-state index in [9.17, 15) is 17.2 Å². The van der Waals surface area contributed by atoms with Gasteiger partial charge in [0, 0.05) is 23.7 Å². The summed E-state index contributed by atoms with van der Waals surface area (Å²) >= 11 is 5.91. The second-order valence-corrected chi connectivity index (χ2v) is 10.3. The molecule has 0 bridgehead atoms. The van der Waals surface area contributed by atoms with Crippen LogP contribution in [0.1, 0.15) is 37.7 Å². The zero-order valence-corrected chi connectivity index (χ0v) is 18.3. The average Bonchev–Trinajstić information content (AvgIpc) is 2.76. The molecule has 2 aromatic carbocycles. The summed E-state index contributed by atoms with van der Waals surface area (Å²) in [5, 5.41) is 7.56. The minimum absolute atomic E-state index is 0.0146. The van der Waals surface area contributed by atoms with Gasteiger partial charge in [0.25, 0.3) is 0 Å². The number of hydrogen-bond donors (Lipinski definition) is 2. The van der Waals surface area contributed by atoms with Gasteiger partial charge in [0.15, 0.2) is 9.84 Å². The maximum absolute atomic E-state index is 14.9. The molecule has 166 valence electrons. The van der Waals surface area contributed by atoms with Crippen LogP contribution in [0, 0.1) is 17.6 Å². The lowest BCUT2D eigenvalue weighted by Crippen LogP contribution is -2.41. The van der Waals surface area contributed by atoms with E-state index in [0.717, 1.165) is 18.2 Å². The summed E-state index contributed by atoms with van der Waals surface area (Å²) in [7, 11) is -4.06. The first-order valence-electron chi connectivity index (χ1n) is 9.67. The lowest BCUT2D eigenvalue weighted by Gasteiger charge is -2.40. The molecule has 0 atom stereocenters. The Labute approximate surface area is 185 Å². The first kappa shape index (κ1) is 23.1. The molecule has 10 heteroatoms. The van der Waals surface area contributed by atoms with Gasteiger partial charge in [-0.25, -0.2) is 17.2 Å². The van der Waals surface area contributed by atoms with Gasteiger partial charge in [0.1, 0.15) is 22.2 Å². The van der Waals surface area contributed by atoms with E-state index in [-0.39, 0.29) is 29.2 Å². The minimum Gasteiger partial charge on any atom is -0.322 e. The fraction of sp³-hybridized carbons (Fsp3) is 0.333. The van der Waals surface area contributed by atoms with Gasteiger partial charge in [-0.2, -0.15) is 10.2 Å². The molecule has 0 aliphatic heterocycles. The Kier molecular flexibility index (Phi) is 6.96. The number of sulfone groups is 1. The van der Waals surface area contributed by atoms with Crippen LogP contribution in [-0.4, -0.2) is 21.0 Å². The monoisotopic (exact) mass is 468 g/mol. The number of hydrazone groups is 2. The lowest BCUT2D eigenvalue weighted by atomic mass is 9.76. The molecule has 0 aromatic heterocycles. The number of benzene rings is 2.